The van der Waals surface area contributed by atoms with Crippen LogP contribution in [0.4, 0.5) is 10.2 Å². The molecule has 1 atom stereocenters. The second kappa shape index (κ2) is 12.3. The highest BCUT2D eigenvalue weighted by molar-refractivity contribution is 14.0. The summed E-state index contributed by atoms with van der Waals surface area (Å²) in [6.07, 6.45) is 5.02. The molecule has 0 aromatic carbocycles. The third-order valence-electron chi connectivity index (χ3n) is 4.47. The van der Waals surface area contributed by atoms with Crippen molar-refractivity contribution in [3.05, 3.63) is 24.1 Å². The van der Waals surface area contributed by atoms with E-state index < -0.39 is 0 Å². The smallest absolute Gasteiger partial charge is 0.191 e. The molecule has 0 saturated carbocycles. The Morgan fingerprint density at radius 1 is 1.46 bits per heavy atom. The molecule has 1 aliphatic rings. The molecule has 8 heteroatoms. The van der Waals surface area contributed by atoms with E-state index in [1.165, 1.54) is 18.9 Å². The number of nitrogens with one attached hydrogen (secondary N) is 2. The zero-order chi connectivity index (χ0) is 18.1. The SMILES string of the molecule is CCCCN(C)CCNC(=NC)NC1CCN(c2ncccc2F)C1.I. The van der Waals surface area contributed by atoms with Gasteiger partial charge in [-0.2, -0.15) is 0 Å². The Morgan fingerprint density at radius 2 is 2.27 bits per heavy atom. The van der Waals surface area contributed by atoms with Crippen molar-refractivity contribution in [3.63, 3.8) is 0 Å². The topological polar surface area (TPSA) is 55.8 Å². The molecule has 0 bridgehead atoms. The lowest BCUT2D eigenvalue weighted by Gasteiger charge is -2.21. The molecule has 6 nitrogen and oxygen atoms in total. The first-order chi connectivity index (χ1) is 12.1. The Labute approximate surface area is 173 Å². The second-order valence-electron chi connectivity index (χ2n) is 6.54. The molecule has 1 aromatic heterocycles. The molecular formula is C18H32FIN6. The molecule has 1 aromatic rings. The highest BCUT2D eigenvalue weighted by Crippen LogP contribution is 2.20. The first kappa shape index (κ1) is 22.9. The van der Waals surface area contributed by atoms with Crippen molar-refractivity contribution >= 4 is 35.8 Å². The maximum absolute atomic E-state index is 13.9. The largest absolute Gasteiger partial charge is 0.355 e. The van der Waals surface area contributed by atoms with Gasteiger partial charge < -0.3 is 20.4 Å². The molecule has 2 N–H and O–H groups in total. The summed E-state index contributed by atoms with van der Waals surface area (Å²) < 4.78 is 13.9. The van der Waals surface area contributed by atoms with Crippen LogP contribution in [-0.4, -0.2) is 68.7 Å². The lowest BCUT2D eigenvalue weighted by Crippen LogP contribution is -2.46. The molecule has 148 valence electrons. The molecule has 2 heterocycles. The number of pyridine rings is 1. The van der Waals surface area contributed by atoms with Crippen molar-refractivity contribution < 1.29 is 4.39 Å². The van der Waals surface area contributed by atoms with Crippen molar-refractivity contribution in [1.29, 1.82) is 0 Å². The van der Waals surface area contributed by atoms with E-state index in [0.717, 1.165) is 45.1 Å². The van der Waals surface area contributed by atoms with Gasteiger partial charge in [0.05, 0.1) is 0 Å². The van der Waals surface area contributed by atoms with E-state index in [-0.39, 0.29) is 35.8 Å². The van der Waals surface area contributed by atoms with E-state index in [2.05, 4.69) is 39.5 Å². The van der Waals surface area contributed by atoms with Crippen molar-refractivity contribution in [2.75, 3.05) is 51.7 Å². The van der Waals surface area contributed by atoms with Crippen LogP contribution in [-0.2, 0) is 0 Å². The van der Waals surface area contributed by atoms with Gasteiger partial charge in [-0.3, -0.25) is 4.99 Å². The van der Waals surface area contributed by atoms with E-state index in [9.17, 15) is 4.39 Å². The summed E-state index contributed by atoms with van der Waals surface area (Å²) in [5, 5.41) is 6.79. The van der Waals surface area contributed by atoms with Gasteiger partial charge in [0.25, 0.3) is 0 Å². The number of anilines is 1. The van der Waals surface area contributed by atoms with Crippen molar-refractivity contribution in [1.82, 2.24) is 20.5 Å². The minimum atomic E-state index is -0.263. The second-order valence-corrected chi connectivity index (χ2v) is 6.54. The molecule has 1 saturated heterocycles. The zero-order valence-electron chi connectivity index (χ0n) is 16.0. The Hall–Kier alpha value is -1.16. The molecule has 2 rings (SSSR count). The van der Waals surface area contributed by atoms with Gasteiger partial charge >= 0.3 is 0 Å². The van der Waals surface area contributed by atoms with Crippen LogP contribution in [0.3, 0.4) is 0 Å². The van der Waals surface area contributed by atoms with Gasteiger partial charge in [0.1, 0.15) is 0 Å². The molecule has 0 radical (unpaired) electrons. The van der Waals surface area contributed by atoms with Gasteiger partial charge in [-0.05, 0) is 38.6 Å². The first-order valence-corrected chi connectivity index (χ1v) is 9.15. The van der Waals surface area contributed by atoms with E-state index >= 15 is 0 Å². The predicted octanol–water partition coefficient (Wildman–Crippen LogP) is 2.31. The molecule has 0 amide bonds. The van der Waals surface area contributed by atoms with E-state index in [0.29, 0.717) is 5.82 Å². The minimum Gasteiger partial charge on any atom is -0.355 e. The van der Waals surface area contributed by atoms with Crippen molar-refractivity contribution in [3.8, 4) is 0 Å². The van der Waals surface area contributed by atoms with Crippen LogP contribution in [0.25, 0.3) is 0 Å². The quantitative estimate of drug-likeness (QED) is 0.341. The number of nitrogens with zero attached hydrogens (tertiary/aromatic N) is 4. The lowest BCUT2D eigenvalue weighted by molar-refractivity contribution is 0.332. The summed E-state index contributed by atoms with van der Waals surface area (Å²) in [4.78, 5) is 12.8. The molecule has 1 aliphatic heterocycles. The van der Waals surface area contributed by atoms with E-state index in [4.69, 9.17) is 0 Å². The summed E-state index contributed by atoms with van der Waals surface area (Å²) in [5.41, 5.74) is 0. The number of hydrogen-bond acceptors (Lipinski definition) is 4. The fraction of sp³-hybridized carbons (Fsp3) is 0.667. The van der Waals surface area contributed by atoms with Crippen LogP contribution in [0.2, 0.25) is 0 Å². The fourth-order valence-corrected chi connectivity index (χ4v) is 2.97. The average Bonchev–Trinajstić information content (AvgIpc) is 3.07. The van der Waals surface area contributed by atoms with Crippen LogP contribution >= 0.6 is 24.0 Å². The lowest BCUT2D eigenvalue weighted by atomic mass is 10.3. The summed E-state index contributed by atoms with van der Waals surface area (Å²) in [5.74, 6) is 0.977. The van der Waals surface area contributed by atoms with Gasteiger partial charge in [-0.25, -0.2) is 9.37 Å². The molecule has 26 heavy (non-hydrogen) atoms. The van der Waals surface area contributed by atoms with Gasteiger partial charge in [0, 0.05) is 45.5 Å². The van der Waals surface area contributed by atoms with Crippen molar-refractivity contribution in [2.45, 2.75) is 32.2 Å². The van der Waals surface area contributed by atoms with Crippen LogP contribution in [0.5, 0.6) is 0 Å². The number of guanidine groups is 1. The van der Waals surface area contributed by atoms with E-state index in [1.807, 2.05) is 4.90 Å². The number of aliphatic imine (C=N–C) groups is 1. The predicted molar refractivity (Wildman–Crippen MR) is 117 cm³/mol. The number of aromatic nitrogens is 1. The van der Waals surface area contributed by atoms with Gasteiger partial charge in [-0.15, -0.1) is 24.0 Å². The Bertz CT molecular complexity index is 556. The minimum absolute atomic E-state index is 0. The van der Waals surface area contributed by atoms with Crippen LogP contribution in [0, 0.1) is 5.82 Å². The Kier molecular flexibility index (Phi) is 10.8. The third-order valence-corrected chi connectivity index (χ3v) is 4.47. The van der Waals surface area contributed by atoms with Gasteiger partial charge in [0.15, 0.2) is 17.6 Å². The highest BCUT2D eigenvalue weighted by Gasteiger charge is 2.25. The maximum atomic E-state index is 13.9. The normalized spacial score (nSPS) is 17.3. The number of likely N-dealkylation sites (N-methyl/N-ethyl adjacent to an activating group) is 1. The highest BCUT2D eigenvalue weighted by atomic mass is 127. The molecule has 1 unspecified atom stereocenters. The monoisotopic (exact) mass is 478 g/mol. The van der Waals surface area contributed by atoms with Gasteiger partial charge in [0.2, 0.25) is 0 Å². The average molecular weight is 478 g/mol. The number of unbranched alkanes of at least 4 members (excludes halogenated alkanes) is 1. The van der Waals surface area contributed by atoms with Crippen LogP contribution in [0.15, 0.2) is 23.3 Å². The van der Waals surface area contributed by atoms with Crippen LogP contribution < -0.4 is 15.5 Å². The van der Waals surface area contributed by atoms with Crippen LogP contribution in [0.1, 0.15) is 26.2 Å². The summed E-state index contributed by atoms with van der Waals surface area (Å²) in [6.45, 7) is 6.69. The number of rotatable bonds is 8. The van der Waals surface area contributed by atoms with E-state index in [1.54, 1.807) is 19.3 Å². The molecule has 1 fully saturated rings. The van der Waals surface area contributed by atoms with Crippen molar-refractivity contribution in [2.24, 2.45) is 4.99 Å². The fourth-order valence-electron chi connectivity index (χ4n) is 2.97. The van der Waals surface area contributed by atoms with Gasteiger partial charge in [-0.1, -0.05) is 13.3 Å². The number of halogens is 2. The summed E-state index contributed by atoms with van der Waals surface area (Å²) >= 11 is 0. The first-order valence-electron chi connectivity index (χ1n) is 9.15. The maximum Gasteiger partial charge on any atom is 0.191 e. The molecular weight excluding hydrogens is 446 g/mol. The standard InChI is InChI=1S/C18H31FN6.HI/c1-4-5-11-24(3)13-10-22-18(20-2)23-15-8-12-25(14-15)17-16(19)7-6-9-21-17;/h6-7,9,15H,4-5,8,10-14H2,1-3H3,(H2,20,22,23);1H. The summed E-state index contributed by atoms with van der Waals surface area (Å²) in [6, 6.07) is 3.32. The third kappa shape index (κ3) is 7.22. The molecule has 0 spiro atoms. The Balaban J connectivity index is 0.00000338. The molecule has 0 aliphatic carbocycles. The summed E-state index contributed by atoms with van der Waals surface area (Å²) in [7, 11) is 3.92. The Morgan fingerprint density at radius 3 is 2.96 bits per heavy atom. The number of hydrogen-bond donors (Lipinski definition) is 2. The zero-order valence-corrected chi connectivity index (χ0v) is 18.4.